The summed E-state index contributed by atoms with van der Waals surface area (Å²) in [4.78, 5) is 24.5. The molecule has 4 aliphatic carbocycles. The molecule has 0 aromatic heterocycles. The minimum absolute atomic E-state index is 0.00917. The maximum Gasteiger partial charge on any atom is 0.242 e. The van der Waals surface area contributed by atoms with E-state index in [1.807, 2.05) is 0 Å². The predicted molar refractivity (Wildman–Crippen MR) is 82.8 cm³/mol. The Morgan fingerprint density at radius 1 is 1.18 bits per heavy atom. The number of hydrogen-bond donors (Lipinski definition) is 2. The Bertz CT molecular complexity index is 486. The molecule has 2 amide bonds. The topological polar surface area (TPSA) is 81.4 Å². The smallest absolute Gasteiger partial charge is 0.242 e. The van der Waals surface area contributed by atoms with Crippen LogP contribution in [-0.2, 0) is 14.3 Å². The van der Waals surface area contributed by atoms with Gasteiger partial charge in [-0.05, 0) is 55.3 Å². The number of nitrogens with two attached hydrogens (primary N) is 1. The fourth-order valence-corrected chi connectivity index (χ4v) is 6.37. The number of nitrogens with one attached hydrogen (secondary N) is 1. The highest BCUT2D eigenvalue weighted by atomic mass is 16.5. The van der Waals surface area contributed by atoms with Gasteiger partial charge in [0, 0.05) is 7.11 Å². The Morgan fingerprint density at radius 2 is 1.77 bits per heavy atom. The Labute approximate surface area is 132 Å². The molecule has 0 spiro atoms. The summed E-state index contributed by atoms with van der Waals surface area (Å²) in [5.74, 6) is 0.124. The molecular weight excluding hydrogens is 280 g/mol. The monoisotopic (exact) mass is 308 g/mol. The minimum atomic E-state index is -0.730. The van der Waals surface area contributed by atoms with Crippen LogP contribution in [0, 0.1) is 22.2 Å². The SMILES string of the molecule is COCC(NC(=O)C12CC3CC(C)(CC(C)(C3)C1)C2)C(N)=O. The van der Waals surface area contributed by atoms with Crippen LogP contribution < -0.4 is 11.1 Å². The molecule has 5 heteroatoms. The van der Waals surface area contributed by atoms with Crippen LogP contribution >= 0.6 is 0 Å². The third-order valence-corrected chi connectivity index (χ3v) is 6.09. The highest BCUT2D eigenvalue weighted by Gasteiger charge is 2.62. The number of rotatable bonds is 5. The van der Waals surface area contributed by atoms with Crippen LogP contribution in [0.5, 0.6) is 0 Å². The summed E-state index contributed by atoms with van der Waals surface area (Å²) in [7, 11) is 1.51. The molecule has 3 N–H and O–H groups in total. The van der Waals surface area contributed by atoms with E-state index in [0.717, 1.165) is 19.3 Å². The van der Waals surface area contributed by atoms with Crippen molar-refractivity contribution in [2.75, 3.05) is 13.7 Å². The molecule has 4 bridgehead atoms. The van der Waals surface area contributed by atoms with E-state index in [1.54, 1.807) is 0 Å². The molecule has 5 nitrogen and oxygen atoms in total. The van der Waals surface area contributed by atoms with Crippen molar-refractivity contribution in [1.82, 2.24) is 5.32 Å². The molecule has 4 aliphatic rings. The average Bonchev–Trinajstić information content (AvgIpc) is 2.33. The lowest BCUT2D eigenvalue weighted by Crippen LogP contribution is -2.62. The van der Waals surface area contributed by atoms with E-state index >= 15 is 0 Å². The van der Waals surface area contributed by atoms with E-state index < -0.39 is 11.9 Å². The predicted octanol–water partition coefficient (Wildman–Crippen LogP) is 1.60. The molecule has 0 radical (unpaired) electrons. The largest absolute Gasteiger partial charge is 0.382 e. The van der Waals surface area contributed by atoms with Crippen molar-refractivity contribution in [3.63, 3.8) is 0 Å². The Hall–Kier alpha value is -1.10. The van der Waals surface area contributed by atoms with Gasteiger partial charge in [-0.25, -0.2) is 0 Å². The first-order valence-electron chi connectivity index (χ1n) is 8.29. The molecule has 0 aliphatic heterocycles. The molecular formula is C17H28N2O3. The molecule has 0 saturated heterocycles. The standard InChI is InChI=1S/C17H28N2O3/c1-15-4-11-5-16(2,8-15)10-17(6-11,9-15)14(21)19-12(7-22-3)13(18)20/h11-12H,4-10H2,1-3H3,(H2,18,20)(H,19,21). The highest BCUT2D eigenvalue weighted by molar-refractivity contribution is 5.89. The number of methoxy groups -OCH3 is 1. The molecule has 3 atom stereocenters. The summed E-state index contributed by atoms with van der Waals surface area (Å²) < 4.78 is 5.01. The van der Waals surface area contributed by atoms with Gasteiger partial charge in [0.2, 0.25) is 11.8 Å². The van der Waals surface area contributed by atoms with Crippen LogP contribution in [0.1, 0.15) is 52.4 Å². The van der Waals surface area contributed by atoms with Gasteiger partial charge in [0.1, 0.15) is 6.04 Å². The van der Waals surface area contributed by atoms with Crippen molar-refractivity contribution in [3.05, 3.63) is 0 Å². The van der Waals surface area contributed by atoms with Crippen molar-refractivity contribution in [2.24, 2.45) is 27.9 Å². The zero-order valence-electron chi connectivity index (χ0n) is 13.9. The zero-order valence-corrected chi connectivity index (χ0v) is 13.9. The van der Waals surface area contributed by atoms with Crippen LogP contribution in [-0.4, -0.2) is 31.6 Å². The lowest BCUT2D eigenvalue weighted by atomic mass is 9.40. The second-order valence-electron chi connectivity index (χ2n) is 8.79. The van der Waals surface area contributed by atoms with Gasteiger partial charge in [-0.1, -0.05) is 13.8 Å². The van der Waals surface area contributed by atoms with Crippen LogP contribution in [0.25, 0.3) is 0 Å². The summed E-state index contributed by atoms with van der Waals surface area (Å²) in [6, 6.07) is -0.730. The van der Waals surface area contributed by atoms with Crippen LogP contribution in [0.4, 0.5) is 0 Å². The van der Waals surface area contributed by atoms with E-state index in [0.29, 0.717) is 5.92 Å². The van der Waals surface area contributed by atoms with E-state index in [4.69, 9.17) is 10.5 Å². The van der Waals surface area contributed by atoms with Gasteiger partial charge in [-0.2, -0.15) is 0 Å². The van der Waals surface area contributed by atoms with Crippen LogP contribution in [0.15, 0.2) is 0 Å². The van der Waals surface area contributed by atoms with Gasteiger partial charge in [0.25, 0.3) is 0 Å². The van der Waals surface area contributed by atoms with Crippen molar-refractivity contribution < 1.29 is 14.3 Å². The van der Waals surface area contributed by atoms with Crippen molar-refractivity contribution >= 4 is 11.8 Å². The van der Waals surface area contributed by atoms with Crippen molar-refractivity contribution in [2.45, 2.75) is 58.4 Å². The molecule has 0 aromatic carbocycles. The van der Waals surface area contributed by atoms with Crippen molar-refractivity contribution in [1.29, 1.82) is 0 Å². The molecule has 0 aromatic rings. The molecule has 0 heterocycles. The first kappa shape index (κ1) is 15.8. The zero-order chi connectivity index (χ0) is 16.2. The van der Waals surface area contributed by atoms with E-state index in [2.05, 4.69) is 19.2 Å². The first-order chi connectivity index (χ1) is 10.2. The number of carbonyl (C=O) groups is 2. The normalized spacial score (nSPS) is 43.9. The first-order valence-corrected chi connectivity index (χ1v) is 8.29. The average molecular weight is 308 g/mol. The molecule has 4 fully saturated rings. The van der Waals surface area contributed by atoms with Gasteiger partial charge in [0.05, 0.1) is 12.0 Å². The van der Waals surface area contributed by atoms with Gasteiger partial charge in [-0.15, -0.1) is 0 Å². The second-order valence-corrected chi connectivity index (χ2v) is 8.79. The number of amides is 2. The van der Waals surface area contributed by atoms with Gasteiger partial charge < -0.3 is 15.8 Å². The summed E-state index contributed by atoms with van der Waals surface area (Å²) in [5, 5.41) is 2.87. The molecule has 3 unspecified atom stereocenters. The quantitative estimate of drug-likeness (QED) is 0.809. The van der Waals surface area contributed by atoms with Crippen molar-refractivity contribution in [3.8, 4) is 0 Å². The third-order valence-electron chi connectivity index (χ3n) is 6.09. The summed E-state index contributed by atoms with van der Waals surface area (Å²) in [5.41, 5.74) is 5.61. The van der Waals surface area contributed by atoms with Gasteiger partial charge in [0.15, 0.2) is 0 Å². The lowest BCUT2D eigenvalue weighted by molar-refractivity contribution is -0.171. The number of primary amides is 1. The Balaban J connectivity index is 1.81. The number of carbonyl (C=O) groups excluding carboxylic acids is 2. The van der Waals surface area contributed by atoms with Gasteiger partial charge in [-0.3, -0.25) is 9.59 Å². The van der Waals surface area contributed by atoms with E-state index in [9.17, 15) is 9.59 Å². The van der Waals surface area contributed by atoms with Gasteiger partial charge >= 0.3 is 0 Å². The molecule has 4 saturated carbocycles. The van der Waals surface area contributed by atoms with Crippen LogP contribution in [0.3, 0.4) is 0 Å². The highest BCUT2D eigenvalue weighted by Crippen LogP contribution is 2.69. The maximum absolute atomic E-state index is 13.0. The number of ether oxygens (including phenoxy) is 1. The summed E-state index contributed by atoms with van der Waals surface area (Å²) >= 11 is 0. The molecule has 4 rings (SSSR count). The maximum atomic E-state index is 13.0. The lowest BCUT2D eigenvalue weighted by Gasteiger charge is -2.64. The summed E-state index contributed by atoms with van der Waals surface area (Å²) in [6.07, 6.45) is 6.56. The number of hydrogen-bond acceptors (Lipinski definition) is 3. The van der Waals surface area contributed by atoms with Crippen LogP contribution in [0.2, 0.25) is 0 Å². The Morgan fingerprint density at radius 3 is 2.23 bits per heavy atom. The molecule has 22 heavy (non-hydrogen) atoms. The Kier molecular flexibility index (Phi) is 3.55. The fraction of sp³-hybridized carbons (Fsp3) is 0.882. The van der Waals surface area contributed by atoms with E-state index in [1.165, 1.54) is 26.4 Å². The second kappa shape index (κ2) is 4.95. The summed E-state index contributed by atoms with van der Waals surface area (Å²) in [6.45, 7) is 4.80. The fourth-order valence-electron chi connectivity index (χ4n) is 6.37. The molecule has 124 valence electrons. The minimum Gasteiger partial charge on any atom is -0.382 e. The third kappa shape index (κ3) is 2.53. The van der Waals surface area contributed by atoms with E-state index in [-0.39, 0.29) is 28.8 Å².